The maximum atomic E-state index is 11.3. The third-order valence-electron chi connectivity index (χ3n) is 1.78. The van der Waals surface area contributed by atoms with Crippen molar-refractivity contribution in [2.75, 3.05) is 13.1 Å². The summed E-state index contributed by atoms with van der Waals surface area (Å²) in [7, 11) is -0.442. The molecule has 0 bridgehead atoms. The van der Waals surface area contributed by atoms with E-state index < -0.39 is 19.9 Å². The van der Waals surface area contributed by atoms with Crippen molar-refractivity contribution >= 4 is 13.8 Å². The van der Waals surface area contributed by atoms with Gasteiger partial charge in [0.25, 0.3) is 0 Å². The van der Waals surface area contributed by atoms with E-state index in [0.717, 1.165) is 6.42 Å². The molecule has 0 aromatic rings. The fourth-order valence-electron chi connectivity index (χ4n) is 1.12. The van der Waals surface area contributed by atoms with Crippen molar-refractivity contribution < 1.29 is 14.5 Å². The van der Waals surface area contributed by atoms with Crippen LogP contribution in [-0.4, -0.2) is 35.1 Å². The predicted octanol–water partition coefficient (Wildman–Crippen LogP) is 0.387. The van der Waals surface area contributed by atoms with Crippen molar-refractivity contribution in [3.8, 4) is 5.63 Å². The van der Waals surface area contributed by atoms with Crippen LogP contribution in [0.25, 0.3) is 0 Å². The van der Waals surface area contributed by atoms with Crippen molar-refractivity contribution in [3.63, 3.8) is 0 Å². The van der Waals surface area contributed by atoms with Gasteiger partial charge in [-0.15, -0.1) is 0 Å². The van der Waals surface area contributed by atoms with Crippen LogP contribution in [0.3, 0.4) is 0 Å². The molecule has 0 unspecified atom stereocenters. The van der Waals surface area contributed by atoms with Crippen LogP contribution >= 0.6 is 7.92 Å². The molecular weight excluding hydrogens is 189 g/mol. The van der Waals surface area contributed by atoms with Gasteiger partial charge in [-0.1, -0.05) is 0 Å². The summed E-state index contributed by atoms with van der Waals surface area (Å²) in [6.45, 7) is 1.11. The number of aliphatic hydroxyl groups excluding tert-OH is 1. The Hall–Kier alpha value is -0.820. The summed E-state index contributed by atoms with van der Waals surface area (Å²) in [5.41, 5.74) is 2.10. The Morgan fingerprint density at radius 1 is 1.62 bits per heavy atom. The Morgan fingerprint density at radius 3 is 2.92 bits per heavy atom. The Bertz CT molecular complexity index is 319. The van der Waals surface area contributed by atoms with E-state index in [9.17, 15) is 9.36 Å². The van der Waals surface area contributed by atoms with Crippen LogP contribution in [0.15, 0.2) is 12.2 Å². The van der Waals surface area contributed by atoms with E-state index in [4.69, 9.17) is 5.11 Å². The molecule has 0 aromatic heterocycles. The molecule has 4 nitrogen and oxygen atoms in total. The molecule has 0 saturated heterocycles. The van der Waals surface area contributed by atoms with E-state index in [-0.39, 0.29) is 0 Å². The van der Waals surface area contributed by atoms with Gasteiger partial charge in [0, 0.05) is 0 Å². The Labute approximate surface area is 77.4 Å². The number of nitrogens with zero attached hydrogens (tertiary/aromatic N) is 1. The van der Waals surface area contributed by atoms with Crippen molar-refractivity contribution in [3.05, 3.63) is 12.2 Å². The van der Waals surface area contributed by atoms with Gasteiger partial charge in [-0.3, -0.25) is 0 Å². The fraction of sp³-hybridized carbons (Fsp3) is 0.500. The third kappa shape index (κ3) is 2.85. The summed E-state index contributed by atoms with van der Waals surface area (Å²) >= 11 is 0. The van der Waals surface area contributed by atoms with Crippen LogP contribution in [0.5, 0.6) is 0 Å². The number of aliphatic hydroxyl groups is 1. The van der Waals surface area contributed by atoms with Gasteiger partial charge in [-0.2, -0.15) is 0 Å². The summed E-state index contributed by atoms with van der Waals surface area (Å²) in [4.78, 5) is 12.8. The van der Waals surface area contributed by atoms with E-state index in [0.29, 0.717) is 13.1 Å². The van der Waals surface area contributed by atoms with Gasteiger partial charge in [0.2, 0.25) is 0 Å². The monoisotopic (exact) mass is 199 g/mol. The van der Waals surface area contributed by atoms with Gasteiger partial charge >= 0.3 is 76.6 Å². The molecule has 1 rings (SSSR count). The van der Waals surface area contributed by atoms with Crippen LogP contribution in [0.1, 0.15) is 6.42 Å². The first kappa shape index (κ1) is 10.3. The first-order chi connectivity index (χ1) is 6.25. The fourth-order valence-corrected chi connectivity index (χ4v) is 1.33. The van der Waals surface area contributed by atoms with Gasteiger partial charge < -0.3 is 0 Å². The minimum atomic E-state index is -1.37. The second kappa shape index (κ2) is 5.03. The number of rotatable bonds is 1. The van der Waals surface area contributed by atoms with Crippen molar-refractivity contribution in [2.24, 2.45) is 0 Å². The normalized spacial score (nSPS) is 17.8. The van der Waals surface area contributed by atoms with Crippen LogP contribution < -0.4 is 0 Å². The molecule has 0 spiro atoms. The van der Waals surface area contributed by atoms with Gasteiger partial charge in [0.15, 0.2) is 0 Å². The van der Waals surface area contributed by atoms with Crippen molar-refractivity contribution in [2.45, 2.75) is 12.5 Å². The number of carbonyl (C=O) groups is 1. The standard InChI is InChI=1S/C8H10NO3P/c10-7(6-13-12)8(11)9-4-2-1-3-5-9/h1-2,7,10H,3-5H2/t7-/m1/s1. The quantitative estimate of drug-likeness (QED) is 0.490. The molecule has 1 amide bonds. The Balaban J connectivity index is 2.59. The minimum absolute atomic E-state index is 0.437. The first-order valence-corrected chi connectivity index (χ1v) is 4.76. The van der Waals surface area contributed by atoms with Crippen LogP contribution in [0, 0.1) is 5.63 Å². The topological polar surface area (TPSA) is 57.6 Å². The van der Waals surface area contributed by atoms with E-state index in [1.54, 1.807) is 0 Å². The number of hydrogen-bond acceptors (Lipinski definition) is 3. The molecule has 1 atom stereocenters. The number of hydrogen-bond donors (Lipinski definition) is 1. The molecule has 13 heavy (non-hydrogen) atoms. The zero-order chi connectivity index (χ0) is 9.68. The second-order valence-electron chi connectivity index (χ2n) is 2.67. The molecule has 70 valence electrons. The van der Waals surface area contributed by atoms with E-state index in [1.807, 2.05) is 12.2 Å². The van der Waals surface area contributed by atoms with Gasteiger partial charge in [0.05, 0.1) is 0 Å². The second-order valence-corrected chi connectivity index (χ2v) is 3.11. The molecule has 1 aliphatic rings. The first-order valence-electron chi connectivity index (χ1n) is 3.95. The van der Waals surface area contributed by atoms with Crippen molar-refractivity contribution in [1.29, 1.82) is 0 Å². The van der Waals surface area contributed by atoms with Gasteiger partial charge in [-0.25, -0.2) is 0 Å². The van der Waals surface area contributed by atoms with E-state index in [1.165, 1.54) is 4.90 Å². The molecule has 1 aliphatic heterocycles. The van der Waals surface area contributed by atoms with Gasteiger partial charge in [-0.05, 0) is 0 Å². The Morgan fingerprint density at radius 2 is 2.38 bits per heavy atom. The molecule has 0 fully saturated rings. The number of carbonyl (C=O) groups excluding carboxylic acids is 1. The summed E-state index contributed by atoms with van der Waals surface area (Å²) in [5, 5.41) is 9.14. The van der Waals surface area contributed by atoms with Crippen LogP contribution in [0.2, 0.25) is 0 Å². The summed E-state index contributed by atoms with van der Waals surface area (Å²) in [6, 6.07) is 0. The molecular formula is C8H10NO3P. The maximum absolute atomic E-state index is 11.3. The zero-order valence-electron chi connectivity index (χ0n) is 7.01. The number of amides is 1. The summed E-state index contributed by atoms with van der Waals surface area (Å²) < 4.78 is 10.0. The summed E-state index contributed by atoms with van der Waals surface area (Å²) in [6.07, 6.45) is 3.28. The average molecular weight is 199 g/mol. The zero-order valence-corrected chi connectivity index (χ0v) is 7.91. The molecule has 0 radical (unpaired) electrons. The van der Waals surface area contributed by atoms with Gasteiger partial charge in [0.1, 0.15) is 0 Å². The van der Waals surface area contributed by atoms with E-state index in [2.05, 4.69) is 5.63 Å². The van der Waals surface area contributed by atoms with Crippen LogP contribution in [0.4, 0.5) is 0 Å². The van der Waals surface area contributed by atoms with Crippen LogP contribution in [-0.2, 0) is 9.36 Å². The molecule has 1 N–H and O–H groups in total. The van der Waals surface area contributed by atoms with Crippen molar-refractivity contribution in [1.82, 2.24) is 4.90 Å². The molecule has 0 saturated carbocycles. The Kier molecular flexibility index (Phi) is 3.97. The summed E-state index contributed by atoms with van der Waals surface area (Å²) in [5.74, 6) is -0.437. The molecule has 0 aliphatic carbocycles. The van der Waals surface area contributed by atoms with E-state index >= 15 is 0 Å². The third-order valence-corrected chi connectivity index (χ3v) is 2.13. The molecule has 0 aromatic carbocycles. The predicted molar refractivity (Wildman–Crippen MR) is 47.8 cm³/mol. The molecule has 5 heteroatoms. The SMILES string of the molecule is O=P#C[C@@H](O)C(=O)N1CC=CCC1. The molecule has 1 heterocycles. The average Bonchev–Trinajstić information content (AvgIpc) is 2.18.